The Morgan fingerprint density at radius 2 is 2.22 bits per heavy atom. The van der Waals surface area contributed by atoms with Crippen LogP contribution in [0.5, 0.6) is 0 Å². The number of carbonyl (C=O) groups is 1. The summed E-state index contributed by atoms with van der Waals surface area (Å²) < 4.78 is 5.76. The van der Waals surface area contributed by atoms with Crippen molar-refractivity contribution in [3.05, 3.63) is 33.3 Å². The van der Waals surface area contributed by atoms with Crippen molar-refractivity contribution in [3.63, 3.8) is 0 Å². The number of halogens is 3. The number of alkyl halides is 1. The molecular weight excluding hydrogens is 385 g/mol. The molecule has 100 valence electrons. The molecule has 0 N–H and O–H groups in total. The molecule has 3 nitrogen and oxygen atoms in total. The number of amides is 1. The summed E-state index contributed by atoms with van der Waals surface area (Å²) >= 11 is 12.7. The summed E-state index contributed by atoms with van der Waals surface area (Å²) in [5.74, 6) is -0.0788. The van der Waals surface area contributed by atoms with Gasteiger partial charge in [0.25, 0.3) is 5.91 Å². The number of rotatable bonds is 5. The van der Waals surface area contributed by atoms with Gasteiger partial charge in [-0.05, 0) is 34.1 Å². The molecule has 0 saturated carbocycles. The largest absolute Gasteiger partial charge is 0.383 e. The van der Waals surface area contributed by atoms with Crippen LogP contribution in [0.2, 0.25) is 5.02 Å². The van der Waals surface area contributed by atoms with Crippen molar-refractivity contribution < 1.29 is 9.53 Å². The first-order valence-electron chi connectivity index (χ1n) is 5.29. The monoisotopic (exact) mass is 397 g/mol. The Balaban J connectivity index is 2.77. The van der Waals surface area contributed by atoms with Gasteiger partial charge in [-0.2, -0.15) is 0 Å². The molecular formula is C12H14Br2ClNO2. The van der Waals surface area contributed by atoms with Gasteiger partial charge in [0, 0.05) is 30.2 Å². The Morgan fingerprint density at radius 3 is 2.83 bits per heavy atom. The normalized spacial score (nSPS) is 12.3. The molecule has 0 aliphatic rings. The van der Waals surface area contributed by atoms with Crippen LogP contribution in [0.1, 0.15) is 10.4 Å². The zero-order chi connectivity index (χ0) is 13.7. The van der Waals surface area contributed by atoms with E-state index in [0.29, 0.717) is 23.7 Å². The van der Waals surface area contributed by atoms with E-state index >= 15 is 0 Å². The average Bonchev–Trinajstić information content (AvgIpc) is 2.31. The first kappa shape index (κ1) is 16.0. The van der Waals surface area contributed by atoms with Crippen molar-refractivity contribution in [2.75, 3.05) is 27.3 Å². The van der Waals surface area contributed by atoms with Gasteiger partial charge < -0.3 is 9.64 Å². The average molecular weight is 400 g/mol. The minimum absolute atomic E-state index is 0.0788. The highest BCUT2D eigenvalue weighted by atomic mass is 79.9. The third kappa shape index (κ3) is 4.53. The molecule has 0 saturated heterocycles. The van der Waals surface area contributed by atoms with E-state index in [1.807, 2.05) is 0 Å². The molecule has 0 aliphatic carbocycles. The van der Waals surface area contributed by atoms with Crippen LogP contribution in [0.3, 0.4) is 0 Å². The molecule has 1 rings (SSSR count). The van der Waals surface area contributed by atoms with Crippen molar-refractivity contribution in [1.29, 1.82) is 0 Å². The predicted octanol–water partition coefficient (Wildman–Crippen LogP) is 3.58. The summed E-state index contributed by atoms with van der Waals surface area (Å²) in [5, 5.41) is 0.544. The molecule has 1 amide bonds. The van der Waals surface area contributed by atoms with Crippen molar-refractivity contribution in [1.82, 2.24) is 4.90 Å². The van der Waals surface area contributed by atoms with Crippen LogP contribution in [0.4, 0.5) is 0 Å². The Hall–Kier alpha value is -0.100. The van der Waals surface area contributed by atoms with Gasteiger partial charge in [-0.3, -0.25) is 4.79 Å². The van der Waals surface area contributed by atoms with Gasteiger partial charge in [-0.25, -0.2) is 0 Å². The van der Waals surface area contributed by atoms with E-state index in [-0.39, 0.29) is 10.7 Å². The summed E-state index contributed by atoms with van der Waals surface area (Å²) in [4.78, 5) is 14.0. The molecule has 0 aromatic heterocycles. The highest BCUT2D eigenvalue weighted by Gasteiger charge is 2.17. The van der Waals surface area contributed by atoms with Crippen LogP contribution in [0.25, 0.3) is 0 Å². The minimum atomic E-state index is -0.0788. The zero-order valence-corrected chi connectivity index (χ0v) is 14.0. The van der Waals surface area contributed by atoms with Gasteiger partial charge in [0.1, 0.15) is 0 Å². The molecule has 1 unspecified atom stereocenters. The number of carbonyl (C=O) groups excluding carboxylic acids is 1. The zero-order valence-electron chi connectivity index (χ0n) is 10.1. The van der Waals surface area contributed by atoms with Gasteiger partial charge in [0.05, 0.1) is 17.0 Å². The van der Waals surface area contributed by atoms with Crippen LogP contribution < -0.4 is 0 Å². The van der Waals surface area contributed by atoms with Crippen LogP contribution in [-0.4, -0.2) is 42.9 Å². The van der Waals surface area contributed by atoms with E-state index in [1.165, 1.54) is 0 Å². The third-order valence-electron chi connectivity index (χ3n) is 2.32. The summed E-state index contributed by atoms with van der Waals surface area (Å²) in [7, 11) is 3.38. The molecule has 0 heterocycles. The van der Waals surface area contributed by atoms with Gasteiger partial charge in [-0.15, -0.1) is 0 Å². The molecule has 0 bridgehead atoms. The fourth-order valence-corrected chi connectivity index (χ4v) is 2.77. The first-order chi connectivity index (χ1) is 8.45. The molecule has 6 heteroatoms. The Kier molecular flexibility index (Phi) is 6.63. The van der Waals surface area contributed by atoms with Crippen LogP contribution in [0.15, 0.2) is 22.7 Å². The topological polar surface area (TPSA) is 29.5 Å². The molecule has 0 fully saturated rings. The molecule has 1 atom stereocenters. The summed E-state index contributed by atoms with van der Waals surface area (Å²) in [6, 6.07) is 5.16. The third-order valence-corrected chi connectivity index (χ3v) is 3.81. The Labute approximate surface area is 129 Å². The van der Waals surface area contributed by atoms with Gasteiger partial charge in [0.15, 0.2) is 0 Å². The van der Waals surface area contributed by atoms with Crippen molar-refractivity contribution in [2.24, 2.45) is 0 Å². The highest BCUT2D eigenvalue weighted by molar-refractivity contribution is 9.10. The number of methoxy groups -OCH3 is 1. The Morgan fingerprint density at radius 1 is 1.56 bits per heavy atom. The van der Waals surface area contributed by atoms with Crippen molar-refractivity contribution in [3.8, 4) is 0 Å². The number of nitrogens with zero attached hydrogens (tertiary/aromatic N) is 1. The lowest BCUT2D eigenvalue weighted by Crippen LogP contribution is -2.33. The van der Waals surface area contributed by atoms with Gasteiger partial charge in [0.2, 0.25) is 0 Å². The van der Waals surface area contributed by atoms with Gasteiger partial charge in [-0.1, -0.05) is 27.5 Å². The molecule has 0 aliphatic heterocycles. The minimum Gasteiger partial charge on any atom is -0.383 e. The second-order valence-electron chi connectivity index (χ2n) is 3.86. The number of benzene rings is 1. The lowest BCUT2D eigenvalue weighted by Gasteiger charge is -2.21. The first-order valence-corrected chi connectivity index (χ1v) is 7.38. The molecule has 1 aromatic carbocycles. The van der Waals surface area contributed by atoms with Crippen LogP contribution >= 0.6 is 43.5 Å². The fourth-order valence-electron chi connectivity index (χ4n) is 1.48. The lowest BCUT2D eigenvalue weighted by atomic mass is 10.2. The van der Waals surface area contributed by atoms with Crippen molar-refractivity contribution >= 4 is 49.4 Å². The maximum absolute atomic E-state index is 12.2. The standard InChI is InChI=1S/C12H14Br2ClNO2/c1-16(6-8(13)7-18-2)12(17)10-5-9(15)3-4-11(10)14/h3-5,8H,6-7H2,1-2H3. The summed E-state index contributed by atoms with van der Waals surface area (Å²) in [6.07, 6.45) is 0. The maximum Gasteiger partial charge on any atom is 0.254 e. The molecule has 0 spiro atoms. The fraction of sp³-hybridized carbons (Fsp3) is 0.417. The van der Waals surface area contributed by atoms with Gasteiger partial charge >= 0.3 is 0 Å². The number of hydrogen-bond donors (Lipinski definition) is 0. The van der Waals surface area contributed by atoms with E-state index in [4.69, 9.17) is 16.3 Å². The van der Waals surface area contributed by atoms with E-state index in [0.717, 1.165) is 4.47 Å². The highest BCUT2D eigenvalue weighted by Crippen LogP contribution is 2.22. The SMILES string of the molecule is COCC(Br)CN(C)C(=O)c1cc(Cl)ccc1Br. The predicted molar refractivity (Wildman–Crippen MR) is 80.7 cm³/mol. The maximum atomic E-state index is 12.2. The Bertz CT molecular complexity index is 429. The number of hydrogen-bond acceptors (Lipinski definition) is 2. The van der Waals surface area contributed by atoms with E-state index < -0.39 is 0 Å². The second kappa shape index (κ2) is 7.48. The molecule has 18 heavy (non-hydrogen) atoms. The van der Waals surface area contributed by atoms with E-state index in [2.05, 4.69) is 31.9 Å². The summed E-state index contributed by atoms with van der Waals surface area (Å²) in [5.41, 5.74) is 0.558. The van der Waals surface area contributed by atoms with Crippen molar-refractivity contribution in [2.45, 2.75) is 4.83 Å². The van der Waals surface area contributed by atoms with E-state index in [1.54, 1.807) is 37.3 Å². The van der Waals surface area contributed by atoms with Crippen LogP contribution in [-0.2, 0) is 4.74 Å². The molecule has 1 aromatic rings. The van der Waals surface area contributed by atoms with E-state index in [9.17, 15) is 4.79 Å². The van der Waals surface area contributed by atoms with Crippen LogP contribution in [0, 0.1) is 0 Å². The second-order valence-corrected chi connectivity index (χ2v) is 6.45. The quantitative estimate of drug-likeness (QED) is 0.709. The smallest absolute Gasteiger partial charge is 0.254 e. The molecule has 0 radical (unpaired) electrons. The summed E-state index contributed by atoms with van der Waals surface area (Å²) in [6.45, 7) is 1.11. The number of ether oxygens (including phenoxy) is 1. The lowest BCUT2D eigenvalue weighted by molar-refractivity contribution is 0.0783.